The van der Waals surface area contributed by atoms with Crippen LogP contribution < -0.4 is 10.6 Å². The molecule has 1 fully saturated rings. The fourth-order valence-corrected chi connectivity index (χ4v) is 3.60. The van der Waals surface area contributed by atoms with Crippen molar-refractivity contribution < 1.29 is 4.39 Å². The van der Waals surface area contributed by atoms with Gasteiger partial charge in [-0.1, -0.05) is 0 Å². The van der Waals surface area contributed by atoms with Gasteiger partial charge in [-0.05, 0) is 73.3 Å². The van der Waals surface area contributed by atoms with Crippen molar-refractivity contribution >= 4 is 11.6 Å². The number of imidazole rings is 1. The predicted molar refractivity (Wildman–Crippen MR) is 116 cm³/mol. The lowest BCUT2D eigenvalue weighted by atomic mass is 10.1. The van der Waals surface area contributed by atoms with Gasteiger partial charge in [0.2, 0.25) is 5.95 Å². The summed E-state index contributed by atoms with van der Waals surface area (Å²) in [6, 6.07) is 12.5. The molecule has 0 unspecified atom stereocenters. The van der Waals surface area contributed by atoms with E-state index in [1.54, 1.807) is 25.4 Å². The SMILES string of the molecule is CNc1nccc(-c2c(-c3ccc(F)cc3)nc3cc(CNCC4CC4)ccn23)n1. The first-order chi connectivity index (χ1) is 14.7. The van der Waals surface area contributed by atoms with E-state index in [0.717, 1.165) is 47.3 Å². The maximum absolute atomic E-state index is 13.5. The molecule has 7 heteroatoms. The number of fused-ring (bicyclic) bond motifs is 1. The quantitative estimate of drug-likeness (QED) is 0.486. The summed E-state index contributed by atoms with van der Waals surface area (Å²) in [5.41, 5.74) is 5.23. The molecule has 4 aromatic rings. The number of rotatable bonds is 7. The zero-order valence-corrected chi connectivity index (χ0v) is 16.8. The normalized spacial score (nSPS) is 13.7. The van der Waals surface area contributed by atoms with Crippen molar-refractivity contribution in [3.05, 3.63) is 66.2 Å². The Morgan fingerprint density at radius 1 is 1.10 bits per heavy atom. The molecule has 0 amide bonds. The Labute approximate surface area is 174 Å². The van der Waals surface area contributed by atoms with Gasteiger partial charge in [0.05, 0.1) is 17.1 Å². The topological polar surface area (TPSA) is 67.1 Å². The highest BCUT2D eigenvalue weighted by atomic mass is 19.1. The second-order valence-electron chi connectivity index (χ2n) is 7.67. The van der Waals surface area contributed by atoms with Crippen LogP contribution in [0.2, 0.25) is 0 Å². The van der Waals surface area contributed by atoms with Crippen molar-refractivity contribution in [2.45, 2.75) is 19.4 Å². The lowest BCUT2D eigenvalue weighted by Gasteiger charge is -2.08. The lowest BCUT2D eigenvalue weighted by Crippen LogP contribution is -2.16. The molecule has 2 N–H and O–H groups in total. The summed E-state index contributed by atoms with van der Waals surface area (Å²) in [6.07, 6.45) is 6.42. The summed E-state index contributed by atoms with van der Waals surface area (Å²) in [5, 5.41) is 6.51. The van der Waals surface area contributed by atoms with Crippen LogP contribution in [0.25, 0.3) is 28.3 Å². The van der Waals surface area contributed by atoms with Gasteiger partial charge in [0.15, 0.2) is 0 Å². The molecule has 0 saturated heterocycles. The smallest absolute Gasteiger partial charge is 0.222 e. The molecule has 3 heterocycles. The molecule has 0 atom stereocenters. The minimum Gasteiger partial charge on any atom is -0.357 e. The van der Waals surface area contributed by atoms with Crippen molar-refractivity contribution in [1.82, 2.24) is 24.7 Å². The Bertz CT molecular complexity index is 1180. The van der Waals surface area contributed by atoms with Crippen molar-refractivity contribution in [3.63, 3.8) is 0 Å². The minimum absolute atomic E-state index is 0.271. The first-order valence-electron chi connectivity index (χ1n) is 10.2. The maximum atomic E-state index is 13.5. The Morgan fingerprint density at radius 3 is 2.70 bits per heavy atom. The van der Waals surface area contributed by atoms with Crippen LogP contribution in [0.4, 0.5) is 10.3 Å². The summed E-state index contributed by atoms with van der Waals surface area (Å²) in [5.74, 6) is 1.11. The molecule has 152 valence electrons. The van der Waals surface area contributed by atoms with Gasteiger partial charge in [-0.15, -0.1) is 0 Å². The molecule has 6 nitrogen and oxygen atoms in total. The van der Waals surface area contributed by atoms with E-state index in [-0.39, 0.29) is 5.82 Å². The first-order valence-corrected chi connectivity index (χ1v) is 10.2. The number of pyridine rings is 1. The molecule has 30 heavy (non-hydrogen) atoms. The van der Waals surface area contributed by atoms with Crippen molar-refractivity contribution in [2.24, 2.45) is 5.92 Å². The summed E-state index contributed by atoms with van der Waals surface area (Å²) in [4.78, 5) is 13.7. The zero-order chi connectivity index (χ0) is 20.5. The lowest BCUT2D eigenvalue weighted by molar-refractivity contribution is 0.628. The third-order valence-electron chi connectivity index (χ3n) is 5.39. The molecular weight excluding hydrogens is 379 g/mol. The van der Waals surface area contributed by atoms with E-state index in [1.807, 2.05) is 16.7 Å². The van der Waals surface area contributed by atoms with Crippen LogP contribution in [0.1, 0.15) is 18.4 Å². The van der Waals surface area contributed by atoms with E-state index in [4.69, 9.17) is 4.98 Å². The highest BCUT2D eigenvalue weighted by Crippen LogP contribution is 2.32. The molecule has 1 aliphatic carbocycles. The third-order valence-corrected chi connectivity index (χ3v) is 5.39. The standard InChI is InChI=1S/C23H23FN6/c1-25-23-27-10-8-19(28-23)22-21(17-4-6-18(24)7-5-17)29-20-12-16(9-11-30(20)22)14-26-13-15-2-3-15/h4-12,15,26H,2-3,13-14H2,1H3,(H,25,27,28). The monoisotopic (exact) mass is 402 g/mol. The number of aromatic nitrogens is 4. The van der Waals surface area contributed by atoms with Crippen LogP contribution in [-0.4, -0.2) is 32.9 Å². The fraction of sp³-hybridized carbons (Fsp3) is 0.261. The summed E-state index contributed by atoms with van der Waals surface area (Å²) >= 11 is 0. The van der Waals surface area contributed by atoms with E-state index in [2.05, 4.69) is 32.7 Å². The summed E-state index contributed by atoms with van der Waals surface area (Å²) in [7, 11) is 1.79. The molecular formula is C23H23FN6. The van der Waals surface area contributed by atoms with Crippen molar-refractivity contribution in [1.29, 1.82) is 0 Å². The van der Waals surface area contributed by atoms with Gasteiger partial charge in [-0.25, -0.2) is 19.3 Å². The molecule has 0 bridgehead atoms. The molecule has 5 rings (SSSR count). The van der Waals surface area contributed by atoms with E-state index >= 15 is 0 Å². The molecule has 3 aromatic heterocycles. The average molecular weight is 402 g/mol. The molecule has 1 aromatic carbocycles. The van der Waals surface area contributed by atoms with Crippen LogP contribution in [0.5, 0.6) is 0 Å². The van der Waals surface area contributed by atoms with Gasteiger partial charge in [0, 0.05) is 31.5 Å². The van der Waals surface area contributed by atoms with Crippen LogP contribution >= 0.6 is 0 Å². The van der Waals surface area contributed by atoms with Gasteiger partial charge in [-0.2, -0.15) is 0 Å². The fourth-order valence-electron chi connectivity index (χ4n) is 3.60. The van der Waals surface area contributed by atoms with Crippen molar-refractivity contribution in [2.75, 3.05) is 18.9 Å². The highest BCUT2D eigenvalue weighted by Gasteiger charge is 2.21. The number of hydrogen-bond acceptors (Lipinski definition) is 5. The second-order valence-corrected chi connectivity index (χ2v) is 7.67. The van der Waals surface area contributed by atoms with E-state index in [0.29, 0.717) is 5.95 Å². The van der Waals surface area contributed by atoms with Crippen LogP contribution in [0.15, 0.2) is 54.9 Å². The van der Waals surface area contributed by atoms with Gasteiger partial charge in [0.1, 0.15) is 11.5 Å². The molecule has 0 spiro atoms. The van der Waals surface area contributed by atoms with Crippen molar-refractivity contribution in [3.8, 4) is 22.6 Å². The Hall–Kier alpha value is -3.32. The van der Waals surface area contributed by atoms with Crippen LogP contribution in [-0.2, 0) is 6.54 Å². The molecule has 0 aliphatic heterocycles. The molecule has 1 saturated carbocycles. The van der Waals surface area contributed by atoms with Gasteiger partial charge in [-0.3, -0.25) is 4.40 Å². The summed E-state index contributed by atoms with van der Waals surface area (Å²) < 4.78 is 15.5. The average Bonchev–Trinajstić information content (AvgIpc) is 3.52. The predicted octanol–water partition coefficient (Wildman–Crippen LogP) is 4.14. The number of nitrogens with zero attached hydrogens (tertiary/aromatic N) is 4. The van der Waals surface area contributed by atoms with E-state index < -0.39 is 0 Å². The van der Waals surface area contributed by atoms with Crippen LogP contribution in [0, 0.1) is 11.7 Å². The largest absolute Gasteiger partial charge is 0.357 e. The number of halogens is 1. The minimum atomic E-state index is -0.271. The first kappa shape index (κ1) is 18.7. The Kier molecular flexibility index (Phi) is 4.88. The zero-order valence-electron chi connectivity index (χ0n) is 16.8. The van der Waals surface area contributed by atoms with Gasteiger partial charge in [0.25, 0.3) is 0 Å². The second kappa shape index (κ2) is 7.84. The molecule has 1 aliphatic rings. The Morgan fingerprint density at radius 2 is 1.93 bits per heavy atom. The molecule has 0 radical (unpaired) electrons. The highest BCUT2D eigenvalue weighted by molar-refractivity contribution is 5.80. The Balaban J connectivity index is 1.60. The number of anilines is 1. The van der Waals surface area contributed by atoms with Crippen LogP contribution in [0.3, 0.4) is 0 Å². The number of benzene rings is 1. The third kappa shape index (κ3) is 3.76. The maximum Gasteiger partial charge on any atom is 0.222 e. The summed E-state index contributed by atoms with van der Waals surface area (Å²) in [6.45, 7) is 1.89. The number of nitrogens with one attached hydrogen (secondary N) is 2. The van der Waals surface area contributed by atoms with E-state index in [9.17, 15) is 4.39 Å². The van der Waals surface area contributed by atoms with Gasteiger partial charge < -0.3 is 10.6 Å². The number of hydrogen-bond donors (Lipinski definition) is 2. The van der Waals surface area contributed by atoms with E-state index in [1.165, 1.54) is 30.5 Å². The van der Waals surface area contributed by atoms with Gasteiger partial charge >= 0.3 is 0 Å².